The molecule has 0 bridgehead atoms. The summed E-state index contributed by atoms with van der Waals surface area (Å²) in [5.74, 6) is -0.806. The normalized spacial score (nSPS) is 19.8. The number of nitrogens with two attached hydrogens (primary N) is 1. The van der Waals surface area contributed by atoms with Gasteiger partial charge in [0.05, 0.1) is 22.5 Å². The van der Waals surface area contributed by atoms with E-state index in [4.69, 9.17) is 5.73 Å². The number of nitrogens with zero attached hydrogens (tertiary/aromatic N) is 2. The highest BCUT2D eigenvalue weighted by atomic mass is 32.1. The third kappa shape index (κ3) is 5.25. The minimum absolute atomic E-state index is 0.0767. The standard InChI is InChI=1S/C21H26F2N4O3S/c1-11(2)16(24)21(30)27-9-14(28)7-15(27)20(29)25-8-12-3-5-13(6-4-12)18-17(19(22)23)26-10-31-18/h3-6,10-11,14-16,19,28H,7-9,24H2,1-2H3,(H,25,29)/t14?,15?,16-/m0/s1. The Hall–Kier alpha value is -2.43. The molecule has 0 saturated carbocycles. The maximum Gasteiger partial charge on any atom is 0.281 e. The zero-order valence-corrected chi connectivity index (χ0v) is 18.1. The van der Waals surface area contributed by atoms with E-state index >= 15 is 0 Å². The summed E-state index contributed by atoms with van der Waals surface area (Å²) in [5, 5.41) is 12.8. The predicted molar refractivity (Wildman–Crippen MR) is 113 cm³/mol. The van der Waals surface area contributed by atoms with Crippen LogP contribution in [0.5, 0.6) is 0 Å². The number of alkyl halides is 2. The van der Waals surface area contributed by atoms with Crippen molar-refractivity contribution >= 4 is 23.2 Å². The molecule has 0 radical (unpaired) electrons. The first-order chi connectivity index (χ1) is 14.7. The summed E-state index contributed by atoms with van der Waals surface area (Å²) in [6.45, 7) is 3.93. The molecule has 2 unspecified atom stereocenters. The summed E-state index contributed by atoms with van der Waals surface area (Å²) in [6.07, 6.45) is -3.26. The molecule has 2 heterocycles. The molecule has 1 aliphatic rings. The molecular weight excluding hydrogens is 426 g/mol. The number of amides is 2. The molecule has 1 saturated heterocycles. The highest BCUT2D eigenvalue weighted by Crippen LogP contribution is 2.33. The van der Waals surface area contributed by atoms with Crippen LogP contribution in [-0.2, 0) is 16.1 Å². The molecule has 3 rings (SSSR count). The van der Waals surface area contributed by atoms with Gasteiger partial charge in [-0.3, -0.25) is 9.59 Å². The number of carbonyl (C=O) groups excluding carboxylic acids is 2. The quantitative estimate of drug-likeness (QED) is 0.597. The van der Waals surface area contributed by atoms with Gasteiger partial charge in [0.15, 0.2) is 0 Å². The third-order valence-corrected chi connectivity index (χ3v) is 6.24. The summed E-state index contributed by atoms with van der Waals surface area (Å²) in [5.41, 5.74) is 8.49. The van der Waals surface area contributed by atoms with Crippen LogP contribution >= 0.6 is 11.3 Å². The highest BCUT2D eigenvalue weighted by Gasteiger charge is 2.40. The number of hydrogen-bond donors (Lipinski definition) is 3. The summed E-state index contributed by atoms with van der Waals surface area (Å²) in [7, 11) is 0. The monoisotopic (exact) mass is 452 g/mol. The maximum absolute atomic E-state index is 13.0. The van der Waals surface area contributed by atoms with Gasteiger partial charge in [0.2, 0.25) is 11.8 Å². The molecule has 10 heteroatoms. The second kappa shape index (κ2) is 9.80. The van der Waals surface area contributed by atoms with E-state index in [1.54, 1.807) is 24.3 Å². The van der Waals surface area contributed by atoms with Crippen LogP contribution in [-0.4, -0.2) is 51.5 Å². The van der Waals surface area contributed by atoms with Crippen LogP contribution in [0.15, 0.2) is 29.8 Å². The van der Waals surface area contributed by atoms with Crippen molar-refractivity contribution in [3.8, 4) is 10.4 Å². The number of aromatic nitrogens is 1. The lowest BCUT2D eigenvalue weighted by Crippen LogP contribution is -2.52. The van der Waals surface area contributed by atoms with Gasteiger partial charge in [-0.2, -0.15) is 0 Å². The Morgan fingerprint density at radius 1 is 1.32 bits per heavy atom. The Morgan fingerprint density at radius 2 is 2.00 bits per heavy atom. The summed E-state index contributed by atoms with van der Waals surface area (Å²) < 4.78 is 26.1. The van der Waals surface area contributed by atoms with E-state index in [2.05, 4.69) is 10.3 Å². The minimum Gasteiger partial charge on any atom is -0.391 e. The van der Waals surface area contributed by atoms with Crippen LogP contribution in [0.2, 0.25) is 0 Å². The maximum atomic E-state index is 13.0. The van der Waals surface area contributed by atoms with Crippen molar-refractivity contribution in [2.24, 2.45) is 11.7 Å². The van der Waals surface area contributed by atoms with Crippen molar-refractivity contribution in [1.29, 1.82) is 0 Å². The van der Waals surface area contributed by atoms with Gasteiger partial charge in [-0.05, 0) is 17.0 Å². The summed E-state index contributed by atoms with van der Waals surface area (Å²) >= 11 is 1.15. The molecule has 1 aliphatic heterocycles. The van der Waals surface area contributed by atoms with Crippen LogP contribution < -0.4 is 11.1 Å². The van der Waals surface area contributed by atoms with E-state index < -0.39 is 24.6 Å². The average Bonchev–Trinajstić information content (AvgIpc) is 3.38. The second-order valence-corrected chi connectivity index (χ2v) is 8.80. The number of thiazole rings is 1. The number of aliphatic hydroxyl groups excluding tert-OH is 1. The van der Waals surface area contributed by atoms with E-state index in [0.29, 0.717) is 10.4 Å². The second-order valence-electron chi connectivity index (χ2n) is 7.95. The summed E-state index contributed by atoms with van der Waals surface area (Å²) in [4.78, 5) is 30.8. The average molecular weight is 453 g/mol. The first kappa shape index (κ1) is 23.2. The van der Waals surface area contributed by atoms with Crippen LogP contribution in [0.4, 0.5) is 8.78 Å². The lowest BCUT2D eigenvalue weighted by molar-refractivity contribution is -0.140. The van der Waals surface area contributed by atoms with Crippen LogP contribution in [0.25, 0.3) is 10.4 Å². The fourth-order valence-electron chi connectivity index (χ4n) is 3.49. The zero-order valence-electron chi connectivity index (χ0n) is 17.3. The number of β-amino-alcohol motifs (C(OH)–C–C–N with tert-alkyl or cyclic N) is 1. The predicted octanol–water partition coefficient (Wildman–Crippen LogP) is 2.31. The Labute approximate surface area is 183 Å². The Bertz CT molecular complexity index is 920. The lowest BCUT2D eigenvalue weighted by Gasteiger charge is -2.27. The van der Waals surface area contributed by atoms with Gasteiger partial charge < -0.3 is 21.1 Å². The first-order valence-corrected chi connectivity index (χ1v) is 10.9. The molecule has 0 spiro atoms. The SMILES string of the molecule is CC(C)[C@H](N)C(=O)N1CC(O)CC1C(=O)NCc1ccc(-c2scnc2C(F)F)cc1. The smallest absolute Gasteiger partial charge is 0.281 e. The Balaban J connectivity index is 1.63. The molecule has 31 heavy (non-hydrogen) atoms. The fraction of sp³-hybridized carbons (Fsp3) is 0.476. The first-order valence-electron chi connectivity index (χ1n) is 10.0. The van der Waals surface area contributed by atoms with E-state index in [1.165, 1.54) is 10.4 Å². The van der Waals surface area contributed by atoms with E-state index in [-0.39, 0.29) is 42.9 Å². The van der Waals surface area contributed by atoms with Gasteiger partial charge >= 0.3 is 0 Å². The fourth-order valence-corrected chi connectivity index (χ4v) is 4.30. The number of nitrogens with one attached hydrogen (secondary N) is 1. The molecule has 1 aromatic heterocycles. The number of aliphatic hydroxyl groups is 1. The van der Waals surface area contributed by atoms with E-state index in [0.717, 1.165) is 16.9 Å². The molecule has 7 nitrogen and oxygen atoms in total. The molecule has 2 amide bonds. The molecule has 4 N–H and O–H groups in total. The Morgan fingerprint density at radius 3 is 2.61 bits per heavy atom. The molecule has 168 valence electrons. The van der Waals surface area contributed by atoms with Crippen molar-refractivity contribution < 1.29 is 23.5 Å². The third-order valence-electron chi connectivity index (χ3n) is 5.35. The van der Waals surface area contributed by atoms with Gasteiger partial charge in [-0.25, -0.2) is 13.8 Å². The molecule has 1 aromatic carbocycles. The lowest BCUT2D eigenvalue weighted by atomic mass is 10.0. The van der Waals surface area contributed by atoms with Crippen molar-refractivity contribution in [3.05, 3.63) is 41.0 Å². The molecular formula is C21H26F2N4O3S. The van der Waals surface area contributed by atoms with Crippen LogP contribution in [0.3, 0.4) is 0 Å². The number of benzene rings is 1. The van der Waals surface area contributed by atoms with Gasteiger partial charge in [0.1, 0.15) is 11.7 Å². The van der Waals surface area contributed by atoms with Crippen LogP contribution in [0.1, 0.15) is 38.0 Å². The van der Waals surface area contributed by atoms with Crippen molar-refractivity contribution in [2.45, 2.75) is 51.4 Å². The zero-order chi connectivity index (χ0) is 22.7. The summed E-state index contributed by atoms with van der Waals surface area (Å²) in [6, 6.07) is 5.38. The number of hydrogen-bond acceptors (Lipinski definition) is 6. The van der Waals surface area contributed by atoms with Crippen molar-refractivity contribution in [1.82, 2.24) is 15.2 Å². The topological polar surface area (TPSA) is 109 Å². The van der Waals surface area contributed by atoms with Crippen LogP contribution in [0, 0.1) is 5.92 Å². The van der Waals surface area contributed by atoms with Gasteiger partial charge in [0.25, 0.3) is 6.43 Å². The number of carbonyl (C=O) groups is 2. The molecule has 3 atom stereocenters. The molecule has 0 aliphatic carbocycles. The molecule has 1 fully saturated rings. The number of likely N-dealkylation sites (tertiary alicyclic amines) is 1. The van der Waals surface area contributed by atoms with Gasteiger partial charge in [0, 0.05) is 19.5 Å². The van der Waals surface area contributed by atoms with E-state index in [1.807, 2.05) is 13.8 Å². The van der Waals surface area contributed by atoms with Gasteiger partial charge in [-0.1, -0.05) is 38.1 Å². The Kier molecular flexibility index (Phi) is 7.34. The largest absolute Gasteiger partial charge is 0.391 e. The van der Waals surface area contributed by atoms with Crippen molar-refractivity contribution in [3.63, 3.8) is 0 Å². The highest BCUT2D eigenvalue weighted by molar-refractivity contribution is 7.13. The van der Waals surface area contributed by atoms with Crippen molar-refractivity contribution in [2.75, 3.05) is 6.54 Å². The van der Waals surface area contributed by atoms with E-state index in [9.17, 15) is 23.5 Å². The minimum atomic E-state index is -2.64. The van der Waals surface area contributed by atoms with Gasteiger partial charge in [-0.15, -0.1) is 11.3 Å². The number of rotatable bonds is 7. The molecule has 2 aromatic rings. The number of halogens is 2.